The highest BCUT2D eigenvalue weighted by atomic mass is 32.1. The lowest BCUT2D eigenvalue weighted by atomic mass is 10.3. The van der Waals surface area contributed by atoms with E-state index in [4.69, 9.17) is 5.73 Å². The molecule has 0 aliphatic heterocycles. The van der Waals surface area contributed by atoms with Crippen LogP contribution >= 0.6 is 25.3 Å². The maximum Gasteiger partial charge on any atom is 0.0127 e. The zero-order valence-corrected chi connectivity index (χ0v) is 13.5. The maximum atomic E-state index is 5.64. The molecule has 0 heterocycles. The fraction of sp³-hybridized carbons (Fsp3) is 1.00. The van der Waals surface area contributed by atoms with Gasteiger partial charge in [0, 0.05) is 62.9 Å². The first-order valence-corrected chi connectivity index (χ1v) is 8.01. The molecule has 2 atom stereocenters. The second-order valence-corrected chi connectivity index (χ2v) is 5.44. The Labute approximate surface area is 123 Å². The van der Waals surface area contributed by atoms with Gasteiger partial charge >= 0.3 is 0 Å². The SMILES string of the molecule is CC(CS)NCCN(CCN)CCNC(C)CS. The van der Waals surface area contributed by atoms with E-state index in [0.717, 1.165) is 44.2 Å². The van der Waals surface area contributed by atoms with Crippen LogP contribution in [0.25, 0.3) is 0 Å². The Morgan fingerprint density at radius 2 is 1.39 bits per heavy atom. The molecule has 18 heavy (non-hydrogen) atoms. The highest BCUT2D eigenvalue weighted by Crippen LogP contribution is 1.90. The molecule has 0 aliphatic carbocycles. The minimum Gasteiger partial charge on any atom is -0.329 e. The predicted molar refractivity (Wildman–Crippen MR) is 88.1 cm³/mol. The summed E-state index contributed by atoms with van der Waals surface area (Å²) in [7, 11) is 0. The lowest BCUT2D eigenvalue weighted by molar-refractivity contribution is 0.274. The second-order valence-electron chi connectivity index (χ2n) is 4.71. The van der Waals surface area contributed by atoms with Crippen molar-refractivity contribution in [3.05, 3.63) is 0 Å². The average Bonchev–Trinajstić information content (AvgIpc) is 2.38. The van der Waals surface area contributed by atoms with Gasteiger partial charge in [-0.25, -0.2) is 0 Å². The summed E-state index contributed by atoms with van der Waals surface area (Å²) in [6.45, 7) is 10.0. The molecule has 0 fully saturated rings. The van der Waals surface area contributed by atoms with Crippen molar-refractivity contribution < 1.29 is 0 Å². The van der Waals surface area contributed by atoms with Gasteiger partial charge in [-0.15, -0.1) is 0 Å². The van der Waals surface area contributed by atoms with Crippen molar-refractivity contribution >= 4 is 25.3 Å². The molecule has 0 saturated carbocycles. The molecule has 6 heteroatoms. The molecule has 4 nitrogen and oxygen atoms in total. The van der Waals surface area contributed by atoms with Gasteiger partial charge in [-0.1, -0.05) is 0 Å². The van der Waals surface area contributed by atoms with E-state index in [-0.39, 0.29) is 0 Å². The van der Waals surface area contributed by atoms with E-state index < -0.39 is 0 Å². The molecule has 110 valence electrons. The van der Waals surface area contributed by atoms with E-state index in [9.17, 15) is 0 Å². The quantitative estimate of drug-likeness (QED) is 0.331. The average molecular weight is 295 g/mol. The van der Waals surface area contributed by atoms with Crippen LogP contribution in [0, 0.1) is 0 Å². The third-order valence-corrected chi connectivity index (χ3v) is 3.93. The Hall–Kier alpha value is 0.540. The first-order chi connectivity index (χ1) is 8.63. The molecule has 0 aromatic heterocycles. The summed E-state index contributed by atoms with van der Waals surface area (Å²) in [5.41, 5.74) is 5.64. The van der Waals surface area contributed by atoms with Crippen molar-refractivity contribution in [1.82, 2.24) is 15.5 Å². The van der Waals surface area contributed by atoms with Crippen LogP contribution in [0.2, 0.25) is 0 Å². The number of rotatable bonds is 12. The third-order valence-electron chi connectivity index (χ3n) is 2.83. The van der Waals surface area contributed by atoms with Crippen LogP contribution in [0.15, 0.2) is 0 Å². The van der Waals surface area contributed by atoms with E-state index in [1.54, 1.807) is 0 Å². The molecular formula is C12H30N4S2. The van der Waals surface area contributed by atoms with Crippen LogP contribution in [0.1, 0.15) is 13.8 Å². The minimum atomic E-state index is 0.468. The molecule has 2 unspecified atom stereocenters. The van der Waals surface area contributed by atoms with Gasteiger partial charge in [-0.05, 0) is 13.8 Å². The molecule has 0 spiro atoms. The van der Waals surface area contributed by atoms with Crippen molar-refractivity contribution in [3.8, 4) is 0 Å². The fourth-order valence-electron chi connectivity index (χ4n) is 1.59. The molecule has 0 aliphatic rings. The molecule has 0 aromatic carbocycles. The molecule has 0 aromatic rings. The molecule has 0 saturated heterocycles. The lowest BCUT2D eigenvalue weighted by Crippen LogP contribution is -2.42. The van der Waals surface area contributed by atoms with Crippen LogP contribution in [-0.2, 0) is 0 Å². The van der Waals surface area contributed by atoms with Gasteiger partial charge < -0.3 is 16.4 Å². The van der Waals surface area contributed by atoms with Crippen LogP contribution in [0.5, 0.6) is 0 Å². The Bertz CT molecular complexity index is 167. The van der Waals surface area contributed by atoms with E-state index in [2.05, 4.69) is 54.6 Å². The van der Waals surface area contributed by atoms with Gasteiger partial charge in [0.2, 0.25) is 0 Å². The van der Waals surface area contributed by atoms with Crippen molar-refractivity contribution in [2.75, 3.05) is 50.8 Å². The summed E-state index contributed by atoms with van der Waals surface area (Å²) < 4.78 is 0. The number of hydrogen-bond donors (Lipinski definition) is 5. The number of thiol groups is 2. The maximum absolute atomic E-state index is 5.64. The van der Waals surface area contributed by atoms with Crippen molar-refractivity contribution in [2.24, 2.45) is 5.73 Å². The van der Waals surface area contributed by atoms with Crippen molar-refractivity contribution in [2.45, 2.75) is 25.9 Å². The predicted octanol–water partition coefficient (Wildman–Crippen LogP) is 0.0629. The van der Waals surface area contributed by atoms with E-state index in [1.807, 2.05) is 0 Å². The van der Waals surface area contributed by atoms with Crippen LogP contribution in [-0.4, -0.2) is 67.8 Å². The van der Waals surface area contributed by atoms with Crippen LogP contribution in [0.3, 0.4) is 0 Å². The van der Waals surface area contributed by atoms with Crippen LogP contribution < -0.4 is 16.4 Å². The number of nitrogens with two attached hydrogens (primary N) is 1. The molecule has 4 N–H and O–H groups in total. The van der Waals surface area contributed by atoms with E-state index in [0.29, 0.717) is 18.6 Å². The Morgan fingerprint density at radius 3 is 1.72 bits per heavy atom. The summed E-state index contributed by atoms with van der Waals surface area (Å²) in [5, 5.41) is 6.88. The molecule has 0 rings (SSSR count). The third kappa shape index (κ3) is 10.5. The fourth-order valence-corrected chi connectivity index (χ4v) is 1.84. The first kappa shape index (κ1) is 18.5. The minimum absolute atomic E-state index is 0.468. The zero-order chi connectivity index (χ0) is 13.8. The number of hydrogen-bond acceptors (Lipinski definition) is 6. The van der Waals surface area contributed by atoms with Gasteiger partial charge in [-0.2, -0.15) is 25.3 Å². The number of nitrogens with zero attached hydrogens (tertiary/aromatic N) is 1. The van der Waals surface area contributed by atoms with Crippen molar-refractivity contribution in [3.63, 3.8) is 0 Å². The molecule has 0 bridgehead atoms. The summed E-state index contributed by atoms with van der Waals surface area (Å²) >= 11 is 8.52. The summed E-state index contributed by atoms with van der Waals surface area (Å²) in [6, 6.07) is 0.936. The topological polar surface area (TPSA) is 53.3 Å². The molecular weight excluding hydrogens is 264 g/mol. The Balaban J connectivity index is 3.70. The standard InChI is InChI=1S/C12H30N4S2/c1-11(9-17)14-4-7-16(6-3-13)8-5-15-12(2)10-18/h11-12,14-15,17-18H,3-10,13H2,1-2H3. The highest BCUT2D eigenvalue weighted by Gasteiger charge is 2.05. The lowest BCUT2D eigenvalue weighted by Gasteiger charge is -2.23. The number of nitrogens with one attached hydrogen (secondary N) is 2. The second kappa shape index (κ2) is 12.6. The van der Waals surface area contributed by atoms with Crippen molar-refractivity contribution in [1.29, 1.82) is 0 Å². The van der Waals surface area contributed by atoms with Gasteiger partial charge in [0.1, 0.15) is 0 Å². The zero-order valence-electron chi connectivity index (χ0n) is 11.7. The first-order valence-electron chi connectivity index (χ1n) is 6.75. The Kier molecular flexibility index (Phi) is 12.9. The normalized spacial score (nSPS) is 15.0. The summed E-state index contributed by atoms with van der Waals surface area (Å²) in [6.07, 6.45) is 0. The molecule has 0 radical (unpaired) electrons. The highest BCUT2D eigenvalue weighted by molar-refractivity contribution is 7.80. The van der Waals surface area contributed by atoms with Gasteiger partial charge in [0.25, 0.3) is 0 Å². The summed E-state index contributed by atoms with van der Waals surface area (Å²) in [4.78, 5) is 2.39. The van der Waals surface area contributed by atoms with Gasteiger partial charge in [0.15, 0.2) is 0 Å². The van der Waals surface area contributed by atoms with E-state index >= 15 is 0 Å². The van der Waals surface area contributed by atoms with E-state index in [1.165, 1.54) is 0 Å². The van der Waals surface area contributed by atoms with Gasteiger partial charge in [0.05, 0.1) is 0 Å². The molecule has 0 amide bonds. The smallest absolute Gasteiger partial charge is 0.0127 e. The Morgan fingerprint density at radius 1 is 0.944 bits per heavy atom. The largest absolute Gasteiger partial charge is 0.329 e. The summed E-state index contributed by atoms with van der Waals surface area (Å²) in [5.74, 6) is 1.75. The van der Waals surface area contributed by atoms with Gasteiger partial charge in [-0.3, -0.25) is 4.90 Å². The van der Waals surface area contributed by atoms with Crippen LogP contribution in [0.4, 0.5) is 0 Å². The monoisotopic (exact) mass is 294 g/mol.